The lowest BCUT2D eigenvalue weighted by atomic mass is 10.2. The molecule has 0 aliphatic carbocycles. The number of hydrogen-bond donors (Lipinski definition) is 1. The normalized spacial score (nSPS) is 13.8. The van der Waals surface area contributed by atoms with Crippen molar-refractivity contribution in [1.29, 1.82) is 0 Å². The summed E-state index contributed by atoms with van der Waals surface area (Å²) in [6, 6.07) is 17.3. The second-order valence-corrected chi connectivity index (χ2v) is 9.26. The van der Waals surface area contributed by atoms with E-state index < -0.39 is 0 Å². The van der Waals surface area contributed by atoms with Crippen LogP contribution in [-0.4, -0.2) is 28.1 Å². The fourth-order valence-corrected chi connectivity index (χ4v) is 5.19. The number of hydrogen-bond acceptors (Lipinski definition) is 4. The van der Waals surface area contributed by atoms with Crippen molar-refractivity contribution in [2.75, 3.05) is 16.8 Å². The van der Waals surface area contributed by atoms with Crippen LogP contribution in [0.4, 0.5) is 11.4 Å². The first-order valence-electron chi connectivity index (χ1n) is 10.4. The molecule has 6 nitrogen and oxygen atoms in total. The molecule has 32 heavy (non-hydrogen) atoms. The van der Waals surface area contributed by atoms with Gasteiger partial charge in [-0.15, -0.1) is 11.3 Å². The van der Waals surface area contributed by atoms with Crippen LogP contribution >= 0.6 is 22.9 Å². The van der Waals surface area contributed by atoms with Gasteiger partial charge in [-0.2, -0.15) is 5.10 Å². The van der Waals surface area contributed by atoms with Gasteiger partial charge < -0.3 is 10.2 Å². The molecule has 0 radical (unpaired) electrons. The summed E-state index contributed by atoms with van der Waals surface area (Å²) >= 11 is 7.75. The molecular weight excluding hydrogens is 444 g/mol. The molecule has 2 aromatic heterocycles. The Morgan fingerprint density at radius 3 is 2.75 bits per heavy atom. The molecule has 0 bridgehead atoms. The third-order valence-corrected chi connectivity index (χ3v) is 7.07. The number of rotatable bonds is 5. The maximum absolute atomic E-state index is 13.0. The smallest absolute Gasteiger partial charge is 0.265 e. The number of nitrogens with one attached hydrogen (secondary N) is 1. The van der Waals surface area contributed by atoms with Crippen LogP contribution in [0.5, 0.6) is 0 Å². The number of benzene rings is 2. The first kappa shape index (κ1) is 20.7. The van der Waals surface area contributed by atoms with E-state index in [0.717, 1.165) is 33.6 Å². The Morgan fingerprint density at radius 1 is 1.19 bits per heavy atom. The van der Waals surface area contributed by atoms with Crippen LogP contribution in [0.1, 0.15) is 33.8 Å². The maximum atomic E-state index is 13.0. The van der Waals surface area contributed by atoms with Gasteiger partial charge >= 0.3 is 0 Å². The van der Waals surface area contributed by atoms with Crippen LogP contribution in [-0.2, 0) is 11.3 Å². The molecule has 162 valence electrons. The number of nitrogens with zero attached hydrogens (tertiary/aromatic N) is 3. The minimum Gasteiger partial charge on any atom is -0.320 e. The minimum absolute atomic E-state index is 0.0903. The number of fused-ring (bicyclic) bond motifs is 1. The van der Waals surface area contributed by atoms with Crippen molar-refractivity contribution < 1.29 is 9.59 Å². The van der Waals surface area contributed by atoms with E-state index in [1.54, 1.807) is 17.0 Å². The van der Waals surface area contributed by atoms with Gasteiger partial charge in [-0.1, -0.05) is 41.9 Å². The van der Waals surface area contributed by atoms with Gasteiger partial charge in [-0.05, 0) is 43.2 Å². The van der Waals surface area contributed by atoms with Crippen molar-refractivity contribution >= 4 is 56.3 Å². The van der Waals surface area contributed by atoms with E-state index in [4.69, 9.17) is 11.6 Å². The van der Waals surface area contributed by atoms with Crippen molar-refractivity contribution in [3.8, 4) is 0 Å². The SMILES string of the molecule is Cc1nn(Cc2ccccc2)c2sc(C(=O)Nc3cc(N4CCCC4=O)ccc3Cl)cc12. The van der Waals surface area contributed by atoms with Crippen molar-refractivity contribution in [1.82, 2.24) is 9.78 Å². The molecule has 1 saturated heterocycles. The molecular formula is C24H21ClN4O2S. The van der Waals surface area contributed by atoms with Crippen LogP contribution in [0.25, 0.3) is 10.2 Å². The highest BCUT2D eigenvalue weighted by molar-refractivity contribution is 7.20. The van der Waals surface area contributed by atoms with Gasteiger partial charge in [0.25, 0.3) is 5.91 Å². The molecule has 1 aliphatic rings. The standard InChI is InChI=1S/C24H21ClN4O2S/c1-15-18-13-21(32-24(18)29(27-15)14-16-6-3-2-4-7-16)23(31)26-20-12-17(9-10-19(20)25)28-11-5-8-22(28)30/h2-4,6-7,9-10,12-13H,5,8,11,14H2,1H3,(H,26,31). The van der Waals surface area contributed by atoms with E-state index in [2.05, 4.69) is 22.5 Å². The monoisotopic (exact) mass is 464 g/mol. The zero-order valence-electron chi connectivity index (χ0n) is 17.5. The Bertz CT molecular complexity index is 1330. The molecule has 0 atom stereocenters. The fraction of sp³-hybridized carbons (Fsp3) is 0.208. The molecule has 2 aromatic carbocycles. The predicted molar refractivity (Wildman–Crippen MR) is 129 cm³/mol. The highest BCUT2D eigenvalue weighted by atomic mass is 35.5. The first-order chi connectivity index (χ1) is 15.5. The summed E-state index contributed by atoms with van der Waals surface area (Å²) < 4.78 is 1.94. The Kier molecular flexibility index (Phi) is 5.45. The second kappa shape index (κ2) is 8.41. The highest BCUT2D eigenvalue weighted by Crippen LogP contribution is 2.32. The van der Waals surface area contributed by atoms with Gasteiger partial charge in [0.1, 0.15) is 4.83 Å². The number of anilines is 2. The number of thiophene rings is 1. The number of aryl methyl sites for hydroxylation is 1. The van der Waals surface area contributed by atoms with E-state index in [9.17, 15) is 9.59 Å². The zero-order valence-corrected chi connectivity index (χ0v) is 19.0. The number of aromatic nitrogens is 2. The molecule has 0 saturated carbocycles. The summed E-state index contributed by atoms with van der Waals surface area (Å²) in [5, 5.41) is 8.96. The predicted octanol–water partition coefficient (Wildman–Crippen LogP) is 5.49. The summed E-state index contributed by atoms with van der Waals surface area (Å²) in [6.07, 6.45) is 1.38. The minimum atomic E-state index is -0.233. The molecule has 5 rings (SSSR count). The second-order valence-electron chi connectivity index (χ2n) is 7.83. The Hall–Kier alpha value is -3.16. The largest absolute Gasteiger partial charge is 0.320 e. The molecule has 1 aliphatic heterocycles. The molecule has 0 unspecified atom stereocenters. The molecule has 1 fully saturated rings. The molecule has 0 spiro atoms. The van der Waals surface area contributed by atoms with Crippen molar-refractivity contribution in [2.24, 2.45) is 0 Å². The quantitative estimate of drug-likeness (QED) is 0.425. The van der Waals surface area contributed by atoms with E-state index in [-0.39, 0.29) is 11.8 Å². The molecule has 4 aromatic rings. The lowest BCUT2D eigenvalue weighted by Gasteiger charge is -2.17. The Morgan fingerprint density at radius 2 is 2.00 bits per heavy atom. The van der Waals surface area contributed by atoms with Crippen molar-refractivity contribution in [2.45, 2.75) is 26.3 Å². The summed E-state index contributed by atoms with van der Waals surface area (Å²) in [4.78, 5) is 28.4. The summed E-state index contributed by atoms with van der Waals surface area (Å²) in [7, 11) is 0. The Balaban J connectivity index is 1.41. The summed E-state index contributed by atoms with van der Waals surface area (Å²) in [6.45, 7) is 3.28. The Labute approximate surface area is 194 Å². The van der Waals surface area contributed by atoms with E-state index in [1.165, 1.54) is 11.3 Å². The van der Waals surface area contributed by atoms with Gasteiger partial charge in [-0.3, -0.25) is 14.3 Å². The van der Waals surface area contributed by atoms with Gasteiger partial charge in [-0.25, -0.2) is 0 Å². The first-order valence-corrected chi connectivity index (χ1v) is 11.6. The van der Waals surface area contributed by atoms with Gasteiger partial charge in [0.15, 0.2) is 0 Å². The average molecular weight is 465 g/mol. The van der Waals surface area contributed by atoms with E-state index in [1.807, 2.05) is 41.9 Å². The van der Waals surface area contributed by atoms with Crippen LogP contribution in [0.15, 0.2) is 54.6 Å². The number of halogens is 1. The molecule has 1 N–H and O–H groups in total. The lowest BCUT2D eigenvalue weighted by Crippen LogP contribution is -2.23. The number of carbonyl (C=O) groups excluding carboxylic acids is 2. The van der Waals surface area contributed by atoms with Gasteiger partial charge in [0, 0.05) is 24.0 Å². The fourth-order valence-electron chi connectivity index (χ4n) is 3.97. The van der Waals surface area contributed by atoms with Crippen LogP contribution in [0.2, 0.25) is 5.02 Å². The number of carbonyl (C=O) groups is 2. The summed E-state index contributed by atoms with van der Waals surface area (Å²) in [5.74, 6) is -0.142. The maximum Gasteiger partial charge on any atom is 0.265 e. The third-order valence-electron chi connectivity index (χ3n) is 5.59. The van der Waals surface area contributed by atoms with Gasteiger partial charge in [0.2, 0.25) is 5.91 Å². The van der Waals surface area contributed by atoms with Crippen LogP contribution < -0.4 is 10.2 Å². The van der Waals surface area contributed by atoms with Crippen LogP contribution in [0.3, 0.4) is 0 Å². The zero-order chi connectivity index (χ0) is 22.2. The van der Waals surface area contributed by atoms with Crippen molar-refractivity contribution in [3.05, 3.63) is 75.8 Å². The van der Waals surface area contributed by atoms with Crippen molar-refractivity contribution in [3.63, 3.8) is 0 Å². The van der Waals surface area contributed by atoms with E-state index >= 15 is 0 Å². The molecule has 3 heterocycles. The molecule has 2 amide bonds. The lowest BCUT2D eigenvalue weighted by molar-refractivity contribution is -0.117. The number of amides is 2. The van der Waals surface area contributed by atoms with Crippen LogP contribution in [0, 0.1) is 6.92 Å². The van der Waals surface area contributed by atoms with E-state index in [0.29, 0.717) is 35.1 Å². The molecule has 8 heteroatoms. The topological polar surface area (TPSA) is 67.2 Å². The van der Waals surface area contributed by atoms with Gasteiger partial charge in [0.05, 0.1) is 27.8 Å². The third kappa shape index (κ3) is 3.89. The average Bonchev–Trinajstić information content (AvgIpc) is 3.48. The summed E-state index contributed by atoms with van der Waals surface area (Å²) in [5.41, 5.74) is 3.28. The highest BCUT2D eigenvalue weighted by Gasteiger charge is 2.23.